The highest BCUT2D eigenvalue weighted by Gasteiger charge is 2.15. The molecule has 20 heavy (non-hydrogen) atoms. The van der Waals surface area contributed by atoms with Crippen LogP contribution in [0.5, 0.6) is 0 Å². The van der Waals surface area contributed by atoms with Crippen LogP contribution < -0.4 is 11.1 Å². The number of anilines is 1. The molecule has 0 fully saturated rings. The van der Waals surface area contributed by atoms with E-state index in [9.17, 15) is 4.79 Å². The van der Waals surface area contributed by atoms with Crippen LogP contribution in [-0.2, 0) is 4.79 Å². The summed E-state index contributed by atoms with van der Waals surface area (Å²) >= 11 is 0. The Morgan fingerprint density at radius 3 is 2.10 bits per heavy atom. The molecule has 3 nitrogen and oxygen atoms in total. The topological polar surface area (TPSA) is 55.1 Å². The fourth-order valence-electron chi connectivity index (χ4n) is 1.98. The number of hydrogen-bond donors (Lipinski definition) is 2. The molecule has 0 bridgehead atoms. The predicted octanol–water partition coefficient (Wildman–Crippen LogP) is 3.45. The molecule has 1 amide bonds. The lowest BCUT2D eigenvalue weighted by Crippen LogP contribution is -2.27. The number of rotatable bonds is 4. The minimum absolute atomic E-state index is 0.200. The Labute approximate surface area is 119 Å². The smallest absolute Gasteiger partial charge is 0.245 e. The van der Waals surface area contributed by atoms with E-state index in [-0.39, 0.29) is 5.91 Å². The number of amides is 1. The summed E-state index contributed by atoms with van der Waals surface area (Å²) in [5.74, 6) is 0.278. The Morgan fingerprint density at radius 2 is 1.55 bits per heavy atom. The SMILES string of the molecule is CC(C)c1ccc(NC(=O)[C@H](N)c2ccccc2)cc1. The lowest BCUT2D eigenvalue weighted by Gasteiger charge is -2.13. The van der Waals surface area contributed by atoms with E-state index in [2.05, 4.69) is 19.2 Å². The van der Waals surface area contributed by atoms with Crippen molar-refractivity contribution < 1.29 is 4.79 Å². The molecule has 0 aliphatic heterocycles. The molecule has 2 rings (SSSR count). The Hall–Kier alpha value is -2.13. The molecule has 3 N–H and O–H groups in total. The van der Waals surface area contributed by atoms with Crippen LogP contribution in [-0.4, -0.2) is 5.91 Å². The van der Waals surface area contributed by atoms with Crippen LogP contribution in [0.4, 0.5) is 5.69 Å². The van der Waals surface area contributed by atoms with Crippen LogP contribution in [0.3, 0.4) is 0 Å². The molecular weight excluding hydrogens is 248 g/mol. The summed E-state index contributed by atoms with van der Waals surface area (Å²) in [7, 11) is 0. The lowest BCUT2D eigenvalue weighted by molar-refractivity contribution is -0.117. The summed E-state index contributed by atoms with van der Waals surface area (Å²) in [6, 6.07) is 16.6. The van der Waals surface area contributed by atoms with E-state index in [1.54, 1.807) is 0 Å². The average molecular weight is 268 g/mol. The summed E-state index contributed by atoms with van der Waals surface area (Å²) in [5.41, 5.74) is 8.78. The van der Waals surface area contributed by atoms with Crippen molar-refractivity contribution in [2.24, 2.45) is 5.73 Å². The van der Waals surface area contributed by atoms with Gasteiger partial charge in [0.1, 0.15) is 6.04 Å². The Morgan fingerprint density at radius 1 is 0.950 bits per heavy atom. The fraction of sp³-hybridized carbons (Fsp3) is 0.235. The van der Waals surface area contributed by atoms with Crippen LogP contribution in [0.15, 0.2) is 54.6 Å². The standard InChI is InChI=1S/C17H20N2O/c1-12(2)13-8-10-15(11-9-13)19-17(20)16(18)14-6-4-3-5-7-14/h3-12,16H,18H2,1-2H3,(H,19,20)/t16-/m1/s1. The molecule has 104 valence electrons. The maximum atomic E-state index is 12.1. The normalized spacial score (nSPS) is 12.2. The minimum atomic E-state index is -0.652. The van der Waals surface area contributed by atoms with E-state index in [1.807, 2.05) is 54.6 Å². The maximum absolute atomic E-state index is 12.1. The van der Waals surface area contributed by atoms with Crippen molar-refractivity contribution in [2.75, 3.05) is 5.32 Å². The number of benzene rings is 2. The first-order chi connectivity index (χ1) is 9.58. The summed E-state index contributed by atoms with van der Waals surface area (Å²) in [6.07, 6.45) is 0. The zero-order valence-corrected chi connectivity index (χ0v) is 11.8. The molecule has 1 atom stereocenters. The number of hydrogen-bond acceptors (Lipinski definition) is 2. The molecule has 2 aromatic rings. The molecule has 0 unspecified atom stereocenters. The summed E-state index contributed by atoms with van der Waals surface area (Å²) in [6.45, 7) is 4.28. The maximum Gasteiger partial charge on any atom is 0.245 e. The molecule has 2 aromatic carbocycles. The van der Waals surface area contributed by atoms with Gasteiger partial charge in [0.2, 0.25) is 5.91 Å². The minimum Gasteiger partial charge on any atom is -0.324 e. The monoisotopic (exact) mass is 268 g/mol. The van der Waals surface area contributed by atoms with Gasteiger partial charge in [-0.25, -0.2) is 0 Å². The van der Waals surface area contributed by atoms with Crippen molar-refractivity contribution in [3.63, 3.8) is 0 Å². The van der Waals surface area contributed by atoms with E-state index in [4.69, 9.17) is 5.73 Å². The van der Waals surface area contributed by atoms with Gasteiger partial charge < -0.3 is 11.1 Å². The van der Waals surface area contributed by atoms with E-state index in [1.165, 1.54) is 5.56 Å². The predicted molar refractivity (Wildman–Crippen MR) is 82.5 cm³/mol. The average Bonchev–Trinajstić information content (AvgIpc) is 2.48. The van der Waals surface area contributed by atoms with Crippen LogP contribution in [0.25, 0.3) is 0 Å². The van der Waals surface area contributed by atoms with Gasteiger partial charge >= 0.3 is 0 Å². The van der Waals surface area contributed by atoms with Crippen LogP contribution in [0, 0.1) is 0 Å². The summed E-state index contributed by atoms with van der Waals surface area (Å²) in [4.78, 5) is 12.1. The first-order valence-electron chi connectivity index (χ1n) is 6.79. The van der Waals surface area contributed by atoms with Gasteiger partial charge in [-0.3, -0.25) is 4.79 Å². The van der Waals surface area contributed by atoms with Crippen molar-refractivity contribution in [3.8, 4) is 0 Å². The van der Waals surface area contributed by atoms with Gasteiger partial charge in [0.05, 0.1) is 0 Å². The number of carbonyl (C=O) groups excluding carboxylic acids is 1. The third-order valence-corrected chi connectivity index (χ3v) is 3.29. The molecular formula is C17H20N2O. The van der Waals surface area contributed by atoms with Crippen molar-refractivity contribution in [1.29, 1.82) is 0 Å². The zero-order chi connectivity index (χ0) is 14.5. The molecule has 3 heteroatoms. The zero-order valence-electron chi connectivity index (χ0n) is 11.8. The largest absolute Gasteiger partial charge is 0.324 e. The fourth-order valence-corrected chi connectivity index (χ4v) is 1.98. The lowest BCUT2D eigenvalue weighted by atomic mass is 10.0. The Bertz CT molecular complexity index is 561. The third-order valence-electron chi connectivity index (χ3n) is 3.29. The van der Waals surface area contributed by atoms with Gasteiger partial charge in [-0.05, 0) is 29.2 Å². The van der Waals surface area contributed by atoms with Gasteiger partial charge in [0, 0.05) is 5.69 Å². The van der Waals surface area contributed by atoms with Gasteiger partial charge in [0.25, 0.3) is 0 Å². The third kappa shape index (κ3) is 3.45. The second kappa shape index (κ2) is 6.35. The molecule has 0 aliphatic rings. The first-order valence-corrected chi connectivity index (χ1v) is 6.79. The van der Waals surface area contributed by atoms with Gasteiger partial charge in [-0.2, -0.15) is 0 Å². The molecule has 0 saturated carbocycles. The quantitative estimate of drug-likeness (QED) is 0.892. The van der Waals surface area contributed by atoms with Crippen molar-refractivity contribution in [3.05, 3.63) is 65.7 Å². The van der Waals surface area contributed by atoms with E-state index < -0.39 is 6.04 Å². The van der Waals surface area contributed by atoms with Crippen molar-refractivity contribution in [1.82, 2.24) is 0 Å². The number of nitrogens with two attached hydrogens (primary N) is 1. The number of nitrogens with one attached hydrogen (secondary N) is 1. The molecule has 0 aliphatic carbocycles. The molecule has 0 aromatic heterocycles. The van der Waals surface area contributed by atoms with Gasteiger partial charge in [0.15, 0.2) is 0 Å². The van der Waals surface area contributed by atoms with E-state index in [0.717, 1.165) is 11.3 Å². The second-order valence-electron chi connectivity index (χ2n) is 5.15. The summed E-state index contributed by atoms with van der Waals surface area (Å²) in [5, 5.41) is 2.84. The molecule has 0 spiro atoms. The van der Waals surface area contributed by atoms with E-state index in [0.29, 0.717) is 5.92 Å². The van der Waals surface area contributed by atoms with Crippen LogP contribution in [0.1, 0.15) is 36.9 Å². The first kappa shape index (κ1) is 14.3. The molecule has 0 radical (unpaired) electrons. The molecule has 0 saturated heterocycles. The van der Waals surface area contributed by atoms with Gasteiger partial charge in [-0.1, -0.05) is 56.3 Å². The highest BCUT2D eigenvalue weighted by molar-refractivity contribution is 5.95. The summed E-state index contributed by atoms with van der Waals surface area (Å²) < 4.78 is 0. The van der Waals surface area contributed by atoms with Crippen molar-refractivity contribution >= 4 is 11.6 Å². The van der Waals surface area contributed by atoms with Gasteiger partial charge in [-0.15, -0.1) is 0 Å². The Balaban J connectivity index is 2.04. The van der Waals surface area contributed by atoms with Crippen LogP contribution >= 0.6 is 0 Å². The second-order valence-corrected chi connectivity index (χ2v) is 5.15. The highest BCUT2D eigenvalue weighted by Crippen LogP contribution is 2.18. The molecule has 0 heterocycles. The number of carbonyl (C=O) groups is 1. The van der Waals surface area contributed by atoms with Crippen molar-refractivity contribution in [2.45, 2.75) is 25.8 Å². The Kier molecular flexibility index (Phi) is 4.53. The highest BCUT2D eigenvalue weighted by atomic mass is 16.2. The van der Waals surface area contributed by atoms with Crippen LogP contribution in [0.2, 0.25) is 0 Å². The van der Waals surface area contributed by atoms with E-state index >= 15 is 0 Å².